The molecular weight excluding hydrogens is 216 g/mol. The van der Waals surface area contributed by atoms with Gasteiger partial charge in [-0.1, -0.05) is 19.1 Å². The summed E-state index contributed by atoms with van der Waals surface area (Å²) in [7, 11) is 1.61. The zero-order chi connectivity index (χ0) is 12.8. The molecule has 0 aromatic heterocycles. The van der Waals surface area contributed by atoms with Crippen LogP contribution in [-0.2, 0) is 4.79 Å². The highest BCUT2D eigenvalue weighted by molar-refractivity contribution is 5.81. The van der Waals surface area contributed by atoms with Crippen molar-refractivity contribution in [3.05, 3.63) is 29.8 Å². The van der Waals surface area contributed by atoms with Crippen molar-refractivity contribution in [1.82, 2.24) is 5.32 Å². The van der Waals surface area contributed by atoms with Gasteiger partial charge < -0.3 is 10.5 Å². The Morgan fingerprint density at radius 2 is 2.00 bits per heavy atom. The summed E-state index contributed by atoms with van der Waals surface area (Å²) in [5.41, 5.74) is 6.27. The Morgan fingerprint density at radius 1 is 1.41 bits per heavy atom. The van der Waals surface area contributed by atoms with Gasteiger partial charge in [-0.3, -0.25) is 10.1 Å². The molecule has 4 heteroatoms. The summed E-state index contributed by atoms with van der Waals surface area (Å²) in [6.07, 6.45) is 0.944. The molecule has 0 aliphatic rings. The van der Waals surface area contributed by atoms with E-state index in [-0.39, 0.29) is 11.9 Å². The normalized spacial score (nSPS) is 14.1. The van der Waals surface area contributed by atoms with Crippen LogP contribution < -0.4 is 15.8 Å². The first-order chi connectivity index (χ1) is 8.08. The molecular formula is C13H20N2O2. The van der Waals surface area contributed by atoms with E-state index in [1.54, 1.807) is 7.11 Å². The molecule has 0 aliphatic heterocycles. The number of nitrogens with one attached hydrogen (secondary N) is 1. The lowest BCUT2D eigenvalue weighted by Gasteiger charge is -2.20. The fourth-order valence-electron chi connectivity index (χ4n) is 1.54. The number of methoxy groups -OCH3 is 1. The fourth-order valence-corrected chi connectivity index (χ4v) is 1.54. The van der Waals surface area contributed by atoms with Crippen LogP contribution in [0.1, 0.15) is 31.9 Å². The molecule has 0 radical (unpaired) electrons. The van der Waals surface area contributed by atoms with E-state index < -0.39 is 6.04 Å². The molecule has 2 atom stereocenters. The maximum atomic E-state index is 11.4. The van der Waals surface area contributed by atoms with Crippen LogP contribution in [0, 0.1) is 0 Å². The van der Waals surface area contributed by atoms with Gasteiger partial charge in [0.05, 0.1) is 7.11 Å². The summed E-state index contributed by atoms with van der Waals surface area (Å²) in [5.74, 6) is 0.399. The summed E-state index contributed by atoms with van der Waals surface area (Å²) in [4.78, 5) is 11.4. The molecule has 2 unspecified atom stereocenters. The van der Waals surface area contributed by atoms with Gasteiger partial charge in [0.15, 0.2) is 0 Å². The molecule has 0 bridgehead atoms. The Bertz CT molecular complexity index is 362. The van der Waals surface area contributed by atoms with E-state index in [1.165, 1.54) is 0 Å². The molecule has 0 saturated heterocycles. The van der Waals surface area contributed by atoms with Gasteiger partial charge in [0.2, 0.25) is 5.91 Å². The zero-order valence-electron chi connectivity index (χ0n) is 10.6. The lowest BCUT2D eigenvalue weighted by Crippen LogP contribution is -2.38. The number of ether oxygens (including phenoxy) is 1. The molecule has 17 heavy (non-hydrogen) atoms. The third kappa shape index (κ3) is 3.75. The SMILES string of the molecule is CCC(C)NC(C(N)=O)c1ccc(OC)cc1. The number of benzene rings is 1. The van der Waals surface area contributed by atoms with E-state index in [2.05, 4.69) is 12.2 Å². The van der Waals surface area contributed by atoms with Crippen molar-refractivity contribution in [2.24, 2.45) is 5.73 Å². The number of hydrogen-bond donors (Lipinski definition) is 2. The van der Waals surface area contributed by atoms with Crippen molar-refractivity contribution in [3.8, 4) is 5.75 Å². The van der Waals surface area contributed by atoms with Crippen molar-refractivity contribution >= 4 is 5.91 Å². The molecule has 1 aromatic carbocycles. The van der Waals surface area contributed by atoms with Crippen molar-refractivity contribution in [3.63, 3.8) is 0 Å². The molecule has 1 rings (SSSR count). The van der Waals surface area contributed by atoms with E-state index in [9.17, 15) is 4.79 Å². The van der Waals surface area contributed by atoms with E-state index >= 15 is 0 Å². The minimum Gasteiger partial charge on any atom is -0.497 e. The predicted molar refractivity (Wildman–Crippen MR) is 67.8 cm³/mol. The van der Waals surface area contributed by atoms with Crippen molar-refractivity contribution in [2.45, 2.75) is 32.4 Å². The summed E-state index contributed by atoms with van der Waals surface area (Å²) >= 11 is 0. The first kappa shape index (κ1) is 13.5. The second-order valence-electron chi connectivity index (χ2n) is 4.08. The minimum atomic E-state index is -0.448. The van der Waals surface area contributed by atoms with Crippen LogP contribution in [0.15, 0.2) is 24.3 Å². The molecule has 1 aromatic rings. The van der Waals surface area contributed by atoms with E-state index in [0.717, 1.165) is 17.7 Å². The number of amides is 1. The lowest BCUT2D eigenvalue weighted by atomic mass is 10.0. The highest BCUT2D eigenvalue weighted by Crippen LogP contribution is 2.18. The predicted octanol–water partition coefficient (Wildman–Crippen LogP) is 1.61. The largest absolute Gasteiger partial charge is 0.497 e. The molecule has 0 aliphatic carbocycles. The van der Waals surface area contributed by atoms with Crippen molar-refractivity contribution in [2.75, 3.05) is 7.11 Å². The maximum Gasteiger partial charge on any atom is 0.239 e. The quantitative estimate of drug-likeness (QED) is 0.788. The molecule has 1 amide bonds. The Kier molecular flexibility index (Phi) is 4.97. The van der Waals surface area contributed by atoms with Crippen LogP contribution in [0.25, 0.3) is 0 Å². The van der Waals surface area contributed by atoms with Gasteiger partial charge >= 0.3 is 0 Å². The van der Waals surface area contributed by atoms with Crippen molar-refractivity contribution < 1.29 is 9.53 Å². The summed E-state index contributed by atoms with van der Waals surface area (Å²) in [6.45, 7) is 4.09. The highest BCUT2D eigenvalue weighted by Gasteiger charge is 2.18. The highest BCUT2D eigenvalue weighted by atomic mass is 16.5. The summed E-state index contributed by atoms with van der Waals surface area (Å²) in [5, 5.41) is 3.20. The first-order valence-electron chi connectivity index (χ1n) is 5.77. The van der Waals surface area contributed by atoms with E-state index in [1.807, 2.05) is 31.2 Å². The van der Waals surface area contributed by atoms with Crippen LogP contribution in [0.2, 0.25) is 0 Å². The Hall–Kier alpha value is -1.55. The van der Waals surface area contributed by atoms with Crippen LogP contribution in [0.4, 0.5) is 0 Å². The molecule has 0 heterocycles. The first-order valence-corrected chi connectivity index (χ1v) is 5.77. The average Bonchev–Trinajstić information content (AvgIpc) is 2.35. The molecule has 4 nitrogen and oxygen atoms in total. The molecule has 0 spiro atoms. The third-order valence-corrected chi connectivity index (χ3v) is 2.80. The monoisotopic (exact) mass is 236 g/mol. The summed E-state index contributed by atoms with van der Waals surface area (Å²) < 4.78 is 5.08. The maximum absolute atomic E-state index is 11.4. The standard InChI is InChI=1S/C13H20N2O2/c1-4-9(2)15-12(13(14)16)10-5-7-11(17-3)8-6-10/h5-9,12,15H,4H2,1-3H3,(H2,14,16). The second-order valence-corrected chi connectivity index (χ2v) is 4.08. The number of primary amides is 1. The lowest BCUT2D eigenvalue weighted by molar-refractivity contribution is -0.120. The van der Waals surface area contributed by atoms with Crippen LogP contribution in [0.5, 0.6) is 5.75 Å². The number of hydrogen-bond acceptors (Lipinski definition) is 3. The van der Waals surface area contributed by atoms with Crippen LogP contribution in [0.3, 0.4) is 0 Å². The van der Waals surface area contributed by atoms with Gasteiger partial charge in [-0.2, -0.15) is 0 Å². The van der Waals surface area contributed by atoms with Gasteiger partial charge in [0.1, 0.15) is 11.8 Å². The van der Waals surface area contributed by atoms with Crippen LogP contribution >= 0.6 is 0 Å². The van der Waals surface area contributed by atoms with Gasteiger partial charge in [0.25, 0.3) is 0 Å². The topological polar surface area (TPSA) is 64.3 Å². The number of rotatable bonds is 6. The Balaban J connectivity index is 2.85. The number of carbonyl (C=O) groups is 1. The van der Waals surface area contributed by atoms with Gasteiger partial charge in [0, 0.05) is 6.04 Å². The smallest absolute Gasteiger partial charge is 0.239 e. The van der Waals surface area contributed by atoms with Gasteiger partial charge in [-0.15, -0.1) is 0 Å². The van der Waals surface area contributed by atoms with E-state index in [4.69, 9.17) is 10.5 Å². The minimum absolute atomic E-state index is 0.245. The third-order valence-electron chi connectivity index (χ3n) is 2.80. The number of nitrogens with two attached hydrogens (primary N) is 1. The van der Waals surface area contributed by atoms with Crippen LogP contribution in [-0.4, -0.2) is 19.1 Å². The molecule has 3 N–H and O–H groups in total. The summed E-state index contributed by atoms with van der Waals surface area (Å²) in [6, 6.07) is 7.14. The molecule has 0 saturated carbocycles. The average molecular weight is 236 g/mol. The Labute approximate surface area is 102 Å². The second kappa shape index (κ2) is 6.25. The fraction of sp³-hybridized carbons (Fsp3) is 0.462. The zero-order valence-corrected chi connectivity index (χ0v) is 10.6. The van der Waals surface area contributed by atoms with Gasteiger partial charge in [-0.05, 0) is 31.0 Å². The van der Waals surface area contributed by atoms with E-state index in [0.29, 0.717) is 0 Å². The Morgan fingerprint density at radius 3 is 2.41 bits per heavy atom. The number of carbonyl (C=O) groups excluding carboxylic acids is 1. The molecule has 94 valence electrons. The van der Waals surface area contributed by atoms with Crippen molar-refractivity contribution in [1.29, 1.82) is 0 Å². The molecule has 0 fully saturated rings. The van der Waals surface area contributed by atoms with Gasteiger partial charge in [-0.25, -0.2) is 0 Å².